The maximum Gasteiger partial charge on any atom is 0.422 e. The van der Waals surface area contributed by atoms with Crippen molar-refractivity contribution in [1.29, 1.82) is 0 Å². The van der Waals surface area contributed by atoms with Gasteiger partial charge in [0.15, 0.2) is 12.4 Å². The summed E-state index contributed by atoms with van der Waals surface area (Å²) in [5.41, 5.74) is 0.160. The zero-order valence-corrected chi connectivity index (χ0v) is 12.2. The highest BCUT2D eigenvalue weighted by atomic mass is 19.4. The standard InChI is InChI=1S/C13H13F3N4O3/c1-7(12-19-8(2)20-23-12)18-11(21)9-3-4-10(17-5-9)22-6-13(14,15)16/h3-5,7H,6H2,1-2H3,(H,18,21). The molecule has 1 N–H and O–H groups in total. The van der Waals surface area contributed by atoms with Crippen molar-refractivity contribution in [2.24, 2.45) is 0 Å². The van der Waals surface area contributed by atoms with Gasteiger partial charge < -0.3 is 14.6 Å². The monoisotopic (exact) mass is 330 g/mol. The normalized spacial score (nSPS) is 12.7. The fraction of sp³-hybridized carbons (Fsp3) is 0.385. The first-order chi connectivity index (χ1) is 10.7. The first-order valence-electron chi connectivity index (χ1n) is 6.51. The first-order valence-corrected chi connectivity index (χ1v) is 6.51. The van der Waals surface area contributed by atoms with Gasteiger partial charge in [-0.1, -0.05) is 5.16 Å². The summed E-state index contributed by atoms with van der Waals surface area (Å²) in [5, 5.41) is 6.22. The third kappa shape index (κ3) is 4.94. The number of carbonyl (C=O) groups is 1. The van der Waals surface area contributed by atoms with Gasteiger partial charge in [-0.2, -0.15) is 18.2 Å². The Bertz CT molecular complexity index is 670. The van der Waals surface area contributed by atoms with E-state index in [4.69, 9.17) is 4.52 Å². The number of aryl methyl sites for hydroxylation is 1. The van der Waals surface area contributed by atoms with Gasteiger partial charge in [-0.25, -0.2) is 4.98 Å². The lowest BCUT2D eigenvalue weighted by atomic mass is 10.2. The van der Waals surface area contributed by atoms with Gasteiger partial charge in [0.1, 0.15) is 6.04 Å². The Hall–Kier alpha value is -2.65. The average molecular weight is 330 g/mol. The number of ether oxygens (including phenoxy) is 1. The molecule has 2 heterocycles. The lowest BCUT2D eigenvalue weighted by Crippen LogP contribution is -2.27. The molecule has 2 rings (SSSR count). The summed E-state index contributed by atoms with van der Waals surface area (Å²) in [5.74, 6) is -0.0226. The van der Waals surface area contributed by atoms with E-state index in [2.05, 4.69) is 25.2 Å². The lowest BCUT2D eigenvalue weighted by molar-refractivity contribution is -0.154. The van der Waals surface area contributed by atoms with E-state index in [-0.39, 0.29) is 17.3 Å². The summed E-state index contributed by atoms with van der Waals surface area (Å²) < 4.78 is 45.4. The van der Waals surface area contributed by atoms with Gasteiger partial charge in [-0.15, -0.1) is 0 Å². The van der Waals surface area contributed by atoms with Crippen molar-refractivity contribution in [3.8, 4) is 5.88 Å². The number of alkyl halides is 3. The molecule has 0 saturated heterocycles. The number of hydrogen-bond donors (Lipinski definition) is 1. The molecule has 0 aromatic carbocycles. The van der Waals surface area contributed by atoms with Crippen molar-refractivity contribution < 1.29 is 27.2 Å². The van der Waals surface area contributed by atoms with Gasteiger partial charge in [0, 0.05) is 12.3 Å². The van der Waals surface area contributed by atoms with Gasteiger partial charge in [-0.3, -0.25) is 4.79 Å². The molecule has 0 radical (unpaired) electrons. The highest BCUT2D eigenvalue weighted by Gasteiger charge is 2.28. The number of halogens is 3. The van der Waals surface area contributed by atoms with Crippen LogP contribution in [0.15, 0.2) is 22.9 Å². The third-order valence-electron chi connectivity index (χ3n) is 2.64. The van der Waals surface area contributed by atoms with Crippen LogP contribution < -0.4 is 10.1 Å². The lowest BCUT2D eigenvalue weighted by Gasteiger charge is -2.10. The minimum absolute atomic E-state index is 0.160. The molecule has 0 bridgehead atoms. The van der Waals surface area contributed by atoms with Crippen LogP contribution in [0, 0.1) is 6.92 Å². The molecule has 124 valence electrons. The SMILES string of the molecule is Cc1noc(C(C)NC(=O)c2ccc(OCC(F)(F)F)nc2)n1. The molecular formula is C13H13F3N4O3. The van der Waals surface area contributed by atoms with Crippen molar-refractivity contribution in [2.45, 2.75) is 26.1 Å². The number of amides is 1. The van der Waals surface area contributed by atoms with E-state index in [1.165, 1.54) is 12.1 Å². The molecule has 0 aliphatic rings. The van der Waals surface area contributed by atoms with Crippen LogP contribution in [0.4, 0.5) is 13.2 Å². The first kappa shape index (κ1) is 16.7. The van der Waals surface area contributed by atoms with Crippen LogP contribution in [-0.2, 0) is 0 Å². The van der Waals surface area contributed by atoms with Gasteiger partial charge in [0.05, 0.1) is 5.56 Å². The number of pyridine rings is 1. The second-order valence-corrected chi connectivity index (χ2v) is 4.66. The topological polar surface area (TPSA) is 90.1 Å². The van der Waals surface area contributed by atoms with Crippen LogP contribution in [0.25, 0.3) is 0 Å². The predicted molar refractivity (Wildman–Crippen MR) is 70.7 cm³/mol. The number of aromatic nitrogens is 3. The maximum absolute atomic E-state index is 12.0. The summed E-state index contributed by atoms with van der Waals surface area (Å²) in [6.07, 6.45) is -3.33. The maximum atomic E-state index is 12.0. The van der Waals surface area contributed by atoms with Crippen molar-refractivity contribution in [1.82, 2.24) is 20.4 Å². The number of nitrogens with zero attached hydrogens (tertiary/aromatic N) is 3. The van der Waals surface area contributed by atoms with Crippen LogP contribution in [0.3, 0.4) is 0 Å². The average Bonchev–Trinajstić information content (AvgIpc) is 2.91. The van der Waals surface area contributed by atoms with Crippen LogP contribution in [0.5, 0.6) is 5.88 Å². The van der Waals surface area contributed by atoms with Crippen molar-refractivity contribution in [2.75, 3.05) is 6.61 Å². The van der Waals surface area contributed by atoms with Gasteiger partial charge in [-0.05, 0) is 19.9 Å². The number of hydrogen-bond acceptors (Lipinski definition) is 6. The molecule has 0 spiro atoms. The quantitative estimate of drug-likeness (QED) is 0.904. The Kier molecular flexibility index (Phi) is 4.82. The Morgan fingerprint density at radius 2 is 2.17 bits per heavy atom. The van der Waals surface area contributed by atoms with Crippen molar-refractivity contribution >= 4 is 5.91 Å². The molecule has 0 saturated carbocycles. The van der Waals surface area contributed by atoms with Crippen LogP contribution in [-0.4, -0.2) is 33.8 Å². The Morgan fingerprint density at radius 1 is 1.43 bits per heavy atom. The van der Waals surface area contributed by atoms with Gasteiger partial charge in [0.25, 0.3) is 5.91 Å². The van der Waals surface area contributed by atoms with E-state index in [1.807, 2.05) is 0 Å². The van der Waals surface area contributed by atoms with E-state index in [1.54, 1.807) is 13.8 Å². The molecule has 23 heavy (non-hydrogen) atoms. The molecule has 2 aromatic heterocycles. The fourth-order valence-corrected chi connectivity index (χ4v) is 1.59. The second kappa shape index (κ2) is 6.63. The summed E-state index contributed by atoms with van der Waals surface area (Å²) in [4.78, 5) is 19.6. The number of nitrogens with one attached hydrogen (secondary N) is 1. The highest BCUT2D eigenvalue weighted by molar-refractivity contribution is 5.94. The predicted octanol–water partition coefficient (Wildman–Crippen LogP) is 2.21. The molecule has 0 fully saturated rings. The summed E-state index contributed by atoms with van der Waals surface area (Å²) in [6.45, 7) is 1.85. The molecule has 2 aromatic rings. The van der Waals surface area contributed by atoms with Crippen molar-refractivity contribution in [3.63, 3.8) is 0 Å². The Balaban J connectivity index is 1.94. The van der Waals surface area contributed by atoms with E-state index in [0.717, 1.165) is 6.20 Å². The third-order valence-corrected chi connectivity index (χ3v) is 2.64. The smallest absolute Gasteiger partial charge is 0.422 e. The Morgan fingerprint density at radius 3 is 2.70 bits per heavy atom. The number of rotatable bonds is 5. The van der Waals surface area contributed by atoms with Gasteiger partial charge >= 0.3 is 6.18 Å². The fourth-order valence-electron chi connectivity index (χ4n) is 1.59. The molecular weight excluding hydrogens is 317 g/mol. The summed E-state index contributed by atoms with van der Waals surface area (Å²) >= 11 is 0. The van der Waals surface area contributed by atoms with Crippen LogP contribution in [0.1, 0.15) is 35.0 Å². The molecule has 1 atom stereocenters. The van der Waals surface area contributed by atoms with E-state index in [0.29, 0.717) is 5.82 Å². The van der Waals surface area contributed by atoms with E-state index < -0.39 is 24.7 Å². The largest absolute Gasteiger partial charge is 0.468 e. The zero-order valence-electron chi connectivity index (χ0n) is 12.2. The molecule has 1 amide bonds. The zero-order chi connectivity index (χ0) is 17.0. The highest BCUT2D eigenvalue weighted by Crippen LogP contribution is 2.17. The molecule has 10 heteroatoms. The molecule has 0 aliphatic heterocycles. The summed E-state index contributed by atoms with van der Waals surface area (Å²) in [6, 6.07) is 1.96. The van der Waals surface area contributed by atoms with E-state index >= 15 is 0 Å². The molecule has 0 aliphatic carbocycles. The second-order valence-electron chi connectivity index (χ2n) is 4.66. The van der Waals surface area contributed by atoms with Crippen LogP contribution >= 0.6 is 0 Å². The van der Waals surface area contributed by atoms with E-state index in [9.17, 15) is 18.0 Å². The Labute approximate surface area is 128 Å². The number of carbonyl (C=O) groups excluding carboxylic acids is 1. The molecule has 7 nitrogen and oxygen atoms in total. The summed E-state index contributed by atoms with van der Waals surface area (Å²) in [7, 11) is 0. The van der Waals surface area contributed by atoms with Crippen molar-refractivity contribution in [3.05, 3.63) is 35.6 Å². The van der Waals surface area contributed by atoms with Crippen LogP contribution in [0.2, 0.25) is 0 Å². The molecule has 1 unspecified atom stereocenters. The minimum atomic E-state index is -4.45. The van der Waals surface area contributed by atoms with Gasteiger partial charge in [0.2, 0.25) is 11.8 Å². The minimum Gasteiger partial charge on any atom is -0.468 e.